The Kier molecular flexibility index (Phi) is 4.24. The number of rotatable bonds is 3. The van der Waals surface area contributed by atoms with Gasteiger partial charge >= 0.3 is 0 Å². The molecule has 1 atom stereocenters. The maximum Gasteiger partial charge on any atom is 0.257 e. The Morgan fingerprint density at radius 1 is 1.61 bits per heavy atom. The molecule has 1 saturated heterocycles. The highest BCUT2D eigenvalue weighted by molar-refractivity contribution is 9.10. The van der Waals surface area contributed by atoms with Crippen molar-refractivity contribution in [3.63, 3.8) is 0 Å². The lowest BCUT2D eigenvalue weighted by Crippen LogP contribution is -2.40. The second-order valence-electron chi connectivity index (χ2n) is 4.37. The predicted molar refractivity (Wildman–Crippen MR) is 73.8 cm³/mol. The Labute approximate surface area is 115 Å². The molecule has 1 fully saturated rings. The molecule has 0 radical (unpaired) electrons. The summed E-state index contributed by atoms with van der Waals surface area (Å²) in [5, 5.41) is 0. The minimum atomic E-state index is 0.00102. The van der Waals surface area contributed by atoms with E-state index in [9.17, 15) is 4.79 Å². The first-order chi connectivity index (χ1) is 8.67. The molecule has 1 amide bonds. The summed E-state index contributed by atoms with van der Waals surface area (Å²) >= 11 is 3.38. The maximum atomic E-state index is 12.5. The highest BCUT2D eigenvalue weighted by Crippen LogP contribution is 2.27. The van der Waals surface area contributed by atoms with Gasteiger partial charge in [0.25, 0.3) is 5.91 Å². The zero-order valence-corrected chi connectivity index (χ0v) is 11.9. The van der Waals surface area contributed by atoms with E-state index >= 15 is 0 Å². The topological polar surface area (TPSA) is 55.6 Å². The summed E-state index contributed by atoms with van der Waals surface area (Å²) < 4.78 is 6.12. The molecule has 0 aliphatic carbocycles. The fraction of sp³-hybridized carbons (Fsp3) is 0.462. The zero-order valence-electron chi connectivity index (χ0n) is 10.4. The van der Waals surface area contributed by atoms with Gasteiger partial charge in [-0.2, -0.15) is 0 Å². The number of hydrogen-bond acceptors (Lipinski definition) is 3. The predicted octanol–water partition coefficient (Wildman–Crippen LogP) is 2.02. The largest absolute Gasteiger partial charge is 0.496 e. The first kappa shape index (κ1) is 13.4. The number of nitrogens with zero attached hydrogens (tertiary/aromatic N) is 1. The van der Waals surface area contributed by atoms with Crippen molar-refractivity contribution in [1.29, 1.82) is 0 Å². The van der Waals surface area contributed by atoms with Crippen LogP contribution in [-0.2, 0) is 0 Å². The van der Waals surface area contributed by atoms with Crippen molar-refractivity contribution in [1.82, 2.24) is 4.90 Å². The Hall–Kier alpha value is -1.07. The maximum absolute atomic E-state index is 12.5. The van der Waals surface area contributed by atoms with Gasteiger partial charge in [0.2, 0.25) is 0 Å². The van der Waals surface area contributed by atoms with E-state index in [1.165, 1.54) is 0 Å². The number of hydrogen-bond donors (Lipinski definition) is 1. The third kappa shape index (κ3) is 2.52. The van der Waals surface area contributed by atoms with E-state index in [1.54, 1.807) is 19.2 Å². The quantitative estimate of drug-likeness (QED) is 0.929. The van der Waals surface area contributed by atoms with Gasteiger partial charge < -0.3 is 15.4 Å². The minimum absolute atomic E-state index is 0.00102. The molecular weight excluding hydrogens is 296 g/mol. The van der Waals surface area contributed by atoms with Crippen molar-refractivity contribution in [3.8, 4) is 5.75 Å². The third-order valence-corrected chi connectivity index (χ3v) is 3.80. The number of benzene rings is 1. The van der Waals surface area contributed by atoms with Crippen molar-refractivity contribution < 1.29 is 9.53 Å². The highest BCUT2D eigenvalue weighted by atomic mass is 79.9. The summed E-state index contributed by atoms with van der Waals surface area (Å²) in [6.07, 6.45) is 2.00. The van der Waals surface area contributed by atoms with Gasteiger partial charge in [-0.15, -0.1) is 0 Å². The number of carbonyl (C=O) groups excluding carboxylic acids is 1. The van der Waals surface area contributed by atoms with E-state index < -0.39 is 0 Å². The molecule has 2 rings (SSSR count). The van der Waals surface area contributed by atoms with Crippen LogP contribution in [0.5, 0.6) is 5.75 Å². The van der Waals surface area contributed by atoms with Gasteiger partial charge in [0, 0.05) is 23.6 Å². The van der Waals surface area contributed by atoms with Crippen LogP contribution in [0.25, 0.3) is 0 Å². The van der Waals surface area contributed by atoms with Crippen molar-refractivity contribution in [2.45, 2.75) is 18.9 Å². The van der Waals surface area contributed by atoms with Gasteiger partial charge in [0.05, 0.1) is 12.7 Å². The second-order valence-corrected chi connectivity index (χ2v) is 5.29. The van der Waals surface area contributed by atoms with Crippen LogP contribution in [0, 0.1) is 0 Å². The average Bonchev–Trinajstić information content (AvgIpc) is 2.86. The van der Waals surface area contributed by atoms with Crippen LogP contribution >= 0.6 is 15.9 Å². The first-order valence-electron chi connectivity index (χ1n) is 6.02. The summed E-state index contributed by atoms with van der Waals surface area (Å²) in [7, 11) is 1.57. The fourth-order valence-corrected chi connectivity index (χ4v) is 2.71. The highest BCUT2D eigenvalue weighted by Gasteiger charge is 2.29. The van der Waals surface area contributed by atoms with Crippen LogP contribution in [0.1, 0.15) is 23.2 Å². The molecule has 0 saturated carbocycles. The summed E-state index contributed by atoms with van der Waals surface area (Å²) in [6.45, 7) is 1.29. The monoisotopic (exact) mass is 312 g/mol. The number of nitrogens with two attached hydrogens (primary N) is 1. The molecule has 1 aliphatic heterocycles. The lowest BCUT2D eigenvalue weighted by atomic mass is 10.1. The van der Waals surface area contributed by atoms with Crippen molar-refractivity contribution in [2.75, 3.05) is 20.2 Å². The molecule has 1 heterocycles. The van der Waals surface area contributed by atoms with E-state index in [2.05, 4.69) is 15.9 Å². The minimum Gasteiger partial charge on any atom is -0.496 e. The molecule has 4 nitrogen and oxygen atoms in total. The molecule has 0 bridgehead atoms. The van der Waals surface area contributed by atoms with Crippen LogP contribution in [0.15, 0.2) is 22.7 Å². The lowest BCUT2D eigenvalue weighted by Gasteiger charge is -2.24. The average molecular weight is 313 g/mol. The molecule has 1 aromatic rings. The molecule has 1 unspecified atom stereocenters. The molecule has 1 aromatic carbocycles. The summed E-state index contributed by atoms with van der Waals surface area (Å²) in [5.74, 6) is 0.604. The van der Waals surface area contributed by atoms with Gasteiger partial charge in [-0.1, -0.05) is 15.9 Å². The van der Waals surface area contributed by atoms with Crippen LogP contribution in [0.2, 0.25) is 0 Å². The molecular formula is C13H17BrN2O2. The Balaban J connectivity index is 2.30. The summed E-state index contributed by atoms with van der Waals surface area (Å²) in [4.78, 5) is 14.4. The molecule has 18 heavy (non-hydrogen) atoms. The number of likely N-dealkylation sites (tertiary alicyclic amines) is 1. The molecule has 5 heteroatoms. The van der Waals surface area contributed by atoms with E-state index in [-0.39, 0.29) is 11.9 Å². The van der Waals surface area contributed by atoms with Gasteiger partial charge in [-0.25, -0.2) is 0 Å². The SMILES string of the molecule is COc1ccc(Br)cc1C(=O)N1CCCC1CN. The van der Waals surface area contributed by atoms with E-state index in [1.807, 2.05) is 11.0 Å². The second kappa shape index (κ2) is 5.71. The number of methoxy groups -OCH3 is 1. The van der Waals surface area contributed by atoms with Gasteiger partial charge in [0.15, 0.2) is 0 Å². The molecule has 1 aliphatic rings. The fourth-order valence-electron chi connectivity index (χ4n) is 2.35. The Morgan fingerprint density at radius 3 is 3.06 bits per heavy atom. The van der Waals surface area contributed by atoms with E-state index in [4.69, 9.17) is 10.5 Å². The summed E-state index contributed by atoms with van der Waals surface area (Å²) in [6, 6.07) is 5.61. The van der Waals surface area contributed by atoms with Gasteiger partial charge in [0.1, 0.15) is 5.75 Å². The molecule has 2 N–H and O–H groups in total. The van der Waals surface area contributed by atoms with Crippen molar-refractivity contribution in [2.24, 2.45) is 5.73 Å². The molecule has 98 valence electrons. The lowest BCUT2D eigenvalue weighted by molar-refractivity contribution is 0.0737. The van der Waals surface area contributed by atoms with Gasteiger partial charge in [-0.3, -0.25) is 4.79 Å². The number of ether oxygens (including phenoxy) is 1. The summed E-state index contributed by atoms with van der Waals surface area (Å²) in [5.41, 5.74) is 6.30. The standard InChI is InChI=1S/C13H17BrN2O2/c1-18-12-5-4-9(14)7-11(12)13(17)16-6-2-3-10(16)8-15/h4-5,7,10H,2-3,6,8,15H2,1H3. The number of amides is 1. The van der Waals surface area contributed by atoms with Crippen LogP contribution in [0.3, 0.4) is 0 Å². The van der Waals surface area contributed by atoms with Crippen molar-refractivity contribution >= 4 is 21.8 Å². The van der Waals surface area contributed by atoms with Crippen molar-refractivity contribution in [3.05, 3.63) is 28.2 Å². The smallest absolute Gasteiger partial charge is 0.257 e. The molecule has 0 spiro atoms. The third-order valence-electron chi connectivity index (χ3n) is 3.30. The van der Waals surface area contributed by atoms with E-state index in [0.717, 1.165) is 23.9 Å². The van der Waals surface area contributed by atoms with Crippen LogP contribution < -0.4 is 10.5 Å². The zero-order chi connectivity index (χ0) is 13.1. The van der Waals surface area contributed by atoms with E-state index in [0.29, 0.717) is 17.9 Å². The molecule has 0 aromatic heterocycles. The normalized spacial score (nSPS) is 19.1. The first-order valence-corrected chi connectivity index (χ1v) is 6.81. The number of carbonyl (C=O) groups is 1. The van der Waals surface area contributed by atoms with Crippen LogP contribution in [0.4, 0.5) is 0 Å². The Bertz CT molecular complexity index is 451. The van der Waals surface area contributed by atoms with Gasteiger partial charge in [-0.05, 0) is 31.0 Å². The van der Waals surface area contributed by atoms with Crippen LogP contribution in [-0.4, -0.2) is 37.0 Å². The number of halogens is 1. The Morgan fingerprint density at radius 2 is 2.39 bits per heavy atom.